The van der Waals surface area contributed by atoms with E-state index >= 15 is 0 Å². The maximum Gasteiger partial charge on any atom is 0.239 e. The number of thiophene rings is 1. The van der Waals surface area contributed by atoms with Crippen LogP contribution in [0.5, 0.6) is 0 Å². The molecule has 1 unspecified atom stereocenters. The van der Waals surface area contributed by atoms with Gasteiger partial charge in [-0.15, -0.1) is 11.3 Å². The van der Waals surface area contributed by atoms with Gasteiger partial charge in [-0.05, 0) is 82.2 Å². The number of nitrogens with zero attached hydrogens (tertiary/aromatic N) is 2. The van der Waals surface area contributed by atoms with Crippen molar-refractivity contribution < 1.29 is 4.79 Å². The Morgan fingerprint density at radius 1 is 1.39 bits per heavy atom. The van der Waals surface area contributed by atoms with Crippen molar-refractivity contribution in [3.8, 4) is 0 Å². The zero-order valence-corrected chi connectivity index (χ0v) is 15.2. The van der Waals surface area contributed by atoms with Crippen LogP contribution in [0.4, 0.5) is 0 Å². The topological polar surface area (TPSA) is 35.6 Å². The standard InChI is InChI=1S/C18H29N3OS/c1-14(20-9-4-15(5-10-20)3-8-19-2)18(22)21-11-6-17-16(13-21)7-12-23-17/h7,12,14-15,19H,3-6,8-11,13H2,1-2H3. The van der Waals surface area contributed by atoms with Gasteiger partial charge in [0.05, 0.1) is 6.04 Å². The van der Waals surface area contributed by atoms with Crippen LogP contribution < -0.4 is 5.32 Å². The van der Waals surface area contributed by atoms with Crippen molar-refractivity contribution in [2.75, 3.05) is 33.2 Å². The van der Waals surface area contributed by atoms with Gasteiger partial charge in [0.2, 0.25) is 5.91 Å². The van der Waals surface area contributed by atoms with Gasteiger partial charge in [0, 0.05) is 18.0 Å². The van der Waals surface area contributed by atoms with Crippen LogP contribution in [0.1, 0.15) is 36.6 Å². The van der Waals surface area contributed by atoms with E-state index in [4.69, 9.17) is 0 Å². The summed E-state index contributed by atoms with van der Waals surface area (Å²) in [6.07, 6.45) is 4.75. The van der Waals surface area contributed by atoms with Crippen molar-refractivity contribution in [1.82, 2.24) is 15.1 Å². The normalized spacial score (nSPS) is 21.2. The molecule has 3 heterocycles. The molecule has 1 saturated heterocycles. The quantitative estimate of drug-likeness (QED) is 0.897. The largest absolute Gasteiger partial charge is 0.337 e. The first-order valence-electron chi connectivity index (χ1n) is 8.91. The predicted molar refractivity (Wildman–Crippen MR) is 95.7 cm³/mol. The van der Waals surface area contributed by atoms with E-state index in [9.17, 15) is 4.79 Å². The summed E-state index contributed by atoms with van der Waals surface area (Å²) in [6.45, 7) is 7.03. The van der Waals surface area contributed by atoms with Gasteiger partial charge in [0.15, 0.2) is 0 Å². The Morgan fingerprint density at radius 3 is 2.91 bits per heavy atom. The molecule has 0 saturated carbocycles. The number of carbonyl (C=O) groups excluding carboxylic acids is 1. The van der Waals surface area contributed by atoms with Crippen molar-refractivity contribution in [2.45, 2.75) is 45.2 Å². The molecule has 1 fully saturated rings. The van der Waals surface area contributed by atoms with Crippen LogP contribution in [0.25, 0.3) is 0 Å². The van der Waals surface area contributed by atoms with Crippen LogP contribution in [0, 0.1) is 5.92 Å². The molecule has 0 radical (unpaired) electrons. The fourth-order valence-corrected chi connectivity index (χ4v) is 4.72. The molecule has 1 aromatic rings. The van der Waals surface area contributed by atoms with E-state index in [1.54, 1.807) is 0 Å². The number of hydrogen-bond donors (Lipinski definition) is 1. The molecule has 23 heavy (non-hydrogen) atoms. The summed E-state index contributed by atoms with van der Waals surface area (Å²) in [6, 6.07) is 2.21. The summed E-state index contributed by atoms with van der Waals surface area (Å²) < 4.78 is 0. The number of fused-ring (bicyclic) bond motifs is 1. The fraction of sp³-hybridized carbons (Fsp3) is 0.722. The first-order chi connectivity index (χ1) is 11.2. The van der Waals surface area contributed by atoms with Crippen LogP contribution in [0.2, 0.25) is 0 Å². The number of carbonyl (C=O) groups is 1. The molecule has 128 valence electrons. The number of piperidine rings is 1. The molecule has 2 aliphatic rings. The maximum atomic E-state index is 12.9. The summed E-state index contributed by atoms with van der Waals surface area (Å²) in [5.41, 5.74) is 1.35. The average Bonchev–Trinajstić information content (AvgIpc) is 3.06. The third-order valence-corrected chi connectivity index (χ3v) is 6.50. The highest BCUT2D eigenvalue weighted by atomic mass is 32.1. The van der Waals surface area contributed by atoms with E-state index in [1.165, 1.54) is 29.7 Å². The van der Waals surface area contributed by atoms with Gasteiger partial charge in [-0.1, -0.05) is 0 Å². The van der Waals surface area contributed by atoms with Crippen molar-refractivity contribution in [3.05, 3.63) is 21.9 Å². The summed E-state index contributed by atoms with van der Waals surface area (Å²) in [5.74, 6) is 1.14. The Hall–Kier alpha value is -0.910. The molecule has 0 bridgehead atoms. The van der Waals surface area contributed by atoms with Crippen LogP contribution >= 0.6 is 11.3 Å². The van der Waals surface area contributed by atoms with E-state index in [0.29, 0.717) is 5.91 Å². The van der Waals surface area contributed by atoms with E-state index in [2.05, 4.69) is 33.5 Å². The molecule has 4 nitrogen and oxygen atoms in total. The molecule has 1 N–H and O–H groups in total. The van der Waals surface area contributed by atoms with Crippen molar-refractivity contribution in [1.29, 1.82) is 0 Å². The summed E-state index contributed by atoms with van der Waals surface area (Å²) in [4.78, 5) is 18.8. The number of rotatable bonds is 5. The Kier molecular flexibility index (Phi) is 5.72. The van der Waals surface area contributed by atoms with Gasteiger partial charge in [0.25, 0.3) is 0 Å². The minimum Gasteiger partial charge on any atom is -0.337 e. The lowest BCUT2D eigenvalue weighted by molar-refractivity contribution is -0.138. The fourth-order valence-electron chi connectivity index (χ4n) is 3.83. The number of likely N-dealkylation sites (tertiary alicyclic amines) is 1. The van der Waals surface area contributed by atoms with Gasteiger partial charge in [-0.3, -0.25) is 9.69 Å². The predicted octanol–water partition coefficient (Wildman–Crippen LogP) is 2.34. The zero-order chi connectivity index (χ0) is 16.2. The highest BCUT2D eigenvalue weighted by molar-refractivity contribution is 7.10. The van der Waals surface area contributed by atoms with Crippen LogP contribution in [-0.2, 0) is 17.8 Å². The number of amides is 1. The molecule has 0 aromatic carbocycles. The summed E-state index contributed by atoms with van der Waals surface area (Å²) in [5, 5.41) is 5.39. The second kappa shape index (κ2) is 7.77. The molecule has 1 amide bonds. The lowest BCUT2D eigenvalue weighted by Crippen LogP contribution is -2.50. The third-order valence-electron chi connectivity index (χ3n) is 5.48. The highest BCUT2D eigenvalue weighted by Gasteiger charge is 2.30. The van der Waals surface area contributed by atoms with Crippen molar-refractivity contribution in [3.63, 3.8) is 0 Å². The highest BCUT2D eigenvalue weighted by Crippen LogP contribution is 2.26. The first kappa shape index (κ1) is 16.9. The molecule has 2 aliphatic heterocycles. The van der Waals surface area contributed by atoms with Gasteiger partial charge >= 0.3 is 0 Å². The summed E-state index contributed by atoms with van der Waals surface area (Å²) >= 11 is 1.83. The van der Waals surface area contributed by atoms with Crippen LogP contribution in [0.3, 0.4) is 0 Å². The average molecular weight is 336 g/mol. The zero-order valence-electron chi connectivity index (χ0n) is 14.4. The van der Waals surface area contributed by atoms with E-state index in [-0.39, 0.29) is 6.04 Å². The van der Waals surface area contributed by atoms with Crippen LogP contribution in [0.15, 0.2) is 11.4 Å². The van der Waals surface area contributed by atoms with E-state index < -0.39 is 0 Å². The number of nitrogens with one attached hydrogen (secondary N) is 1. The Balaban J connectivity index is 1.51. The van der Waals surface area contributed by atoms with Crippen LogP contribution in [-0.4, -0.2) is 55.0 Å². The second-order valence-electron chi connectivity index (χ2n) is 6.93. The van der Waals surface area contributed by atoms with Gasteiger partial charge in [-0.2, -0.15) is 0 Å². The van der Waals surface area contributed by atoms with Crippen molar-refractivity contribution in [2.24, 2.45) is 5.92 Å². The minimum atomic E-state index is 0.0282. The molecule has 1 atom stereocenters. The summed E-state index contributed by atoms with van der Waals surface area (Å²) in [7, 11) is 2.02. The number of hydrogen-bond acceptors (Lipinski definition) is 4. The second-order valence-corrected chi connectivity index (χ2v) is 7.93. The molecule has 1 aromatic heterocycles. The molecule has 0 spiro atoms. The molecule has 3 rings (SSSR count). The van der Waals surface area contributed by atoms with Gasteiger partial charge in [0.1, 0.15) is 0 Å². The Morgan fingerprint density at radius 2 is 2.17 bits per heavy atom. The van der Waals surface area contributed by atoms with E-state index in [0.717, 1.165) is 45.1 Å². The van der Waals surface area contributed by atoms with E-state index in [1.807, 2.05) is 18.4 Å². The van der Waals surface area contributed by atoms with Crippen molar-refractivity contribution >= 4 is 17.2 Å². The minimum absolute atomic E-state index is 0.0282. The SMILES string of the molecule is CNCCC1CCN(C(C)C(=O)N2CCc3sccc3C2)CC1. The third kappa shape index (κ3) is 3.95. The van der Waals surface area contributed by atoms with Gasteiger partial charge < -0.3 is 10.2 Å². The molecular weight excluding hydrogens is 306 g/mol. The smallest absolute Gasteiger partial charge is 0.239 e. The lowest BCUT2D eigenvalue weighted by atomic mass is 9.92. The van der Waals surface area contributed by atoms with Gasteiger partial charge in [-0.25, -0.2) is 0 Å². The Labute approximate surface area is 143 Å². The lowest BCUT2D eigenvalue weighted by Gasteiger charge is -2.38. The molecular formula is C18H29N3OS. The first-order valence-corrected chi connectivity index (χ1v) is 9.79. The molecule has 0 aliphatic carbocycles. The Bertz CT molecular complexity index is 522. The monoisotopic (exact) mass is 335 g/mol. The maximum absolute atomic E-state index is 12.9. The molecule has 5 heteroatoms.